The Labute approximate surface area is 154 Å². The number of fused-ring (bicyclic) bond motifs is 1. The fourth-order valence-corrected chi connectivity index (χ4v) is 2.86. The van der Waals surface area contributed by atoms with Gasteiger partial charge in [-0.3, -0.25) is 14.5 Å². The third-order valence-corrected chi connectivity index (χ3v) is 4.34. The molecule has 6 nitrogen and oxygen atoms in total. The SMILES string of the molecule is CC(C)N1C(=O)[C@](C)(C(=O)Nc2ccc(F)c(Cl)c2)Oc2cccnc21. The first-order valence-electron chi connectivity index (χ1n) is 7.98. The van der Waals surface area contributed by atoms with Crippen molar-refractivity contribution in [3.63, 3.8) is 0 Å². The van der Waals surface area contributed by atoms with Gasteiger partial charge in [0.1, 0.15) is 5.82 Å². The minimum Gasteiger partial charge on any atom is -0.464 e. The molecule has 1 aromatic carbocycles. The Kier molecular flexibility index (Phi) is 4.58. The summed E-state index contributed by atoms with van der Waals surface area (Å²) in [7, 11) is 0. The summed E-state index contributed by atoms with van der Waals surface area (Å²) in [5, 5.41) is 2.42. The van der Waals surface area contributed by atoms with E-state index < -0.39 is 23.2 Å². The van der Waals surface area contributed by atoms with Gasteiger partial charge in [0, 0.05) is 17.9 Å². The van der Waals surface area contributed by atoms with E-state index >= 15 is 0 Å². The van der Waals surface area contributed by atoms with E-state index in [1.165, 1.54) is 24.0 Å². The summed E-state index contributed by atoms with van der Waals surface area (Å²) in [4.78, 5) is 31.5. The lowest BCUT2D eigenvalue weighted by Gasteiger charge is -2.40. The van der Waals surface area contributed by atoms with Crippen LogP contribution in [0.4, 0.5) is 15.9 Å². The van der Waals surface area contributed by atoms with E-state index in [0.717, 1.165) is 6.07 Å². The van der Waals surface area contributed by atoms with Gasteiger partial charge in [-0.2, -0.15) is 0 Å². The number of anilines is 2. The van der Waals surface area contributed by atoms with Crippen LogP contribution in [0, 0.1) is 5.82 Å². The normalized spacial score (nSPS) is 19.2. The van der Waals surface area contributed by atoms with Gasteiger partial charge >= 0.3 is 0 Å². The molecule has 2 heterocycles. The molecule has 1 aliphatic heterocycles. The Morgan fingerprint density at radius 1 is 1.38 bits per heavy atom. The van der Waals surface area contributed by atoms with E-state index in [1.54, 1.807) is 18.3 Å². The molecule has 0 saturated heterocycles. The monoisotopic (exact) mass is 377 g/mol. The second-order valence-corrected chi connectivity index (χ2v) is 6.72. The fourth-order valence-electron chi connectivity index (χ4n) is 2.68. The second-order valence-electron chi connectivity index (χ2n) is 6.31. The Bertz CT molecular complexity index is 890. The van der Waals surface area contributed by atoms with E-state index in [-0.39, 0.29) is 16.8 Å². The van der Waals surface area contributed by atoms with Crippen molar-refractivity contribution in [3.8, 4) is 5.75 Å². The molecule has 0 bridgehead atoms. The number of rotatable bonds is 3. The Hall–Kier alpha value is -2.67. The molecule has 3 rings (SSSR count). The van der Waals surface area contributed by atoms with Crippen LogP contribution in [-0.2, 0) is 9.59 Å². The largest absolute Gasteiger partial charge is 0.464 e. The first-order valence-corrected chi connectivity index (χ1v) is 8.36. The molecule has 26 heavy (non-hydrogen) atoms. The van der Waals surface area contributed by atoms with Crippen molar-refractivity contribution in [3.05, 3.63) is 47.4 Å². The smallest absolute Gasteiger partial charge is 0.282 e. The molecule has 2 aromatic rings. The third kappa shape index (κ3) is 2.99. The van der Waals surface area contributed by atoms with Crippen LogP contribution in [0.25, 0.3) is 0 Å². The molecule has 1 atom stereocenters. The van der Waals surface area contributed by atoms with Crippen molar-refractivity contribution < 1.29 is 18.7 Å². The van der Waals surface area contributed by atoms with Gasteiger partial charge in [-0.15, -0.1) is 0 Å². The second kappa shape index (κ2) is 6.57. The van der Waals surface area contributed by atoms with Gasteiger partial charge in [0.25, 0.3) is 17.4 Å². The lowest BCUT2D eigenvalue weighted by atomic mass is 9.99. The van der Waals surface area contributed by atoms with E-state index in [1.807, 2.05) is 13.8 Å². The Morgan fingerprint density at radius 3 is 2.77 bits per heavy atom. The van der Waals surface area contributed by atoms with Crippen LogP contribution in [0.3, 0.4) is 0 Å². The van der Waals surface area contributed by atoms with Crippen LogP contribution in [0.5, 0.6) is 5.75 Å². The fraction of sp³-hybridized carbons (Fsp3) is 0.278. The molecule has 0 spiro atoms. The number of benzene rings is 1. The molecule has 1 aromatic heterocycles. The zero-order valence-electron chi connectivity index (χ0n) is 14.4. The summed E-state index contributed by atoms with van der Waals surface area (Å²) < 4.78 is 19.0. The molecule has 0 fully saturated rings. The quantitative estimate of drug-likeness (QED) is 0.832. The highest BCUT2D eigenvalue weighted by atomic mass is 35.5. The van der Waals surface area contributed by atoms with Gasteiger partial charge in [0.2, 0.25) is 0 Å². The highest BCUT2D eigenvalue weighted by molar-refractivity contribution is 6.31. The summed E-state index contributed by atoms with van der Waals surface area (Å²) in [5.41, 5.74) is -1.55. The average molecular weight is 378 g/mol. The summed E-state index contributed by atoms with van der Waals surface area (Å²) in [5.74, 6) is -1.14. The van der Waals surface area contributed by atoms with Crippen molar-refractivity contribution in [2.45, 2.75) is 32.4 Å². The lowest BCUT2D eigenvalue weighted by Crippen LogP contribution is -2.62. The molecule has 0 radical (unpaired) electrons. The molecule has 1 aliphatic rings. The van der Waals surface area contributed by atoms with Gasteiger partial charge in [-0.05, 0) is 51.1 Å². The number of carbonyl (C=O) groups is 2. The molecular formula is C18H17ClFN3O3. The summed E-state index contributed by atoms with van der Waals surface area (Å²) in [6, 6.07) is 6.82. The van der Waals surface area contributed by atoms with Crippen LogP contribution in [-0.4, -0.2) is 28.4 Å². The first kappa shape index (κ1) is 18.1. The van der Waals surface area contributed by atoms with Gasteiger partial charge in [0.05, 0.1) is 5.02 Å². The van der Waals surface area contributed by atoms with Crippen molar-refractivity contribution in [2.75, 3.05) is 10.2 Å². The maximum absolute atomic E-state index is 13.3. The number of pyridine rings is 1. The van der Waals surface area contributed by atoms with Gasteiger partial charge in [-0.25, -0.2) is 9.37 Å². The van der Waals surface area contributed by atoms with E-state index in [4.69, 9.17) is 16.3 Å². The number of nitrogens with zero attached hydrogens (tertiary/aromatic N) is 2. The molecule has 8 heteroatoms. The van der Waals surface area contributed by atoms with E-state index in [0.29, 0.717) is 11.6 Å². The maximum Gasteiger partial charge on any atom is 0.282 e. The average Bonchev–Trinajstić information content (AvgIpc) is 2.58. The number of nitrogens with one attached hydrogen (secondary N) is 1. The number of hydrogen-bond donors (Lipinski definition) is 1. The standard InChI is InChI=1S/C18H17ClFN3O3/c1-10(2)23-15-14(5-4-8-21-15)26-18(3,17(23)25)16(24)22-11-6-7-13(20)12(19)9-11/h4-10H,1-3H3,(H,22,24)/t18-/m0/s1. The maximum atomic E-state index is 13.3. The number of carbonyl (C=O) groups excluding carboxylic acids is 2. The van der Waals surface area contributed by atoms with Gasteiger partial charge < -0.3 is 10.1 Å². The predicted octanol–water partition coefficient (Wildman–Crippen LogP) is 3.41. The third-order valence-electron chi connectivity index (χ3n) is 4.05. The minimum absolute atomic E-state index is 0.137. The van der Waals surface area contributed by atoms with Crippen LogP contribution < -0.4 is 15.0 Å². The van der Waals surface area contributed by atoms with E-state index in [9.17, 15) is 14.0 Å². The molecule has 0 saturated carbocycles. The lowest BCUT2D eigenvalue weighted by molar-refractivity contribution is -0.145. The number of ether oxygens (including phenoxy) is 1. The highest BCUT2D eigenvalue weighted by Crippen LogP contribution is 2.37. The number of halogens is 2. The molecule has 0 aliphatic carbocycles. The number of aromatic nitrogens is 1. The molecule has 0 unspecified atom stereocenters. The Morgan fingerprint density at radius 2 is 2.12 bits per heavy atom. The van der Waals surface area contributed by atoms with Crippen molar-refractivity contribution in [2.24, 2.45) is 0 Å². The van der Waals surface area contributed by atoms with Gasteiger partial charge in [-0.1, -0.05) is 11.6 Å². The molecule has 1 N–H and O–H groups in total. The summed E-state index contributed by atoms with van der Waals surface area (Å²) in [6.45, 7) is 5.03. The summed E-state index contributed by atoms with van der Waals surface area (Å²) in [6.07, 6.45) is 1.55. The minimum atomic E-state index is -1.80. The predicted molar refractivity (Wildman–Crippen MR) is 95.9 cm³/mol. The van der Waals surface area contributed by atoms with Crippen LogP contribution >= 0.6 is 11.6 Å². The Balaban J connectivity index is 1.96. The highest BCUT2D eigenvalue weighted by Gasteiger charge is 2.51. The molecule has 136 valence electrons. The van der Waals surface area contributed by atoms with Crippen LogP contribution in [0.2, 0.25) is 5.02 Å². The van der Waals surface area contributed by atoms with Crippen molar-refractivity contribution in [1.29, 1.82) is 0 Å². The first-order chi connectivity index (χ1) is 12.2. The van der Waals surface area contributed by atoms with Crippen LogP contribution in [0.1, 0.15) is 20.8 Å². The zero-order chi connectivity index (χ0) is 19.1. The van der Waals surface area contributed by atoms with E-state index in [2.05, 4.69) is 10.3 Å². The van der Waals surface area contributed by atoms with Crippen molar-refractivity contribution >= 4 is 34.9 Å². The van der Waals surface area contributed by atoms with Crippen molar-refractivity contribution in [1.82, 2.24) is 4.98 Å². The molecule has 2 amide bonds. The summed E-state index contributed by atoms with van der Waals surface area (Å²) >= 11 is 5.74. The zero-order valence-corrected chi connectivity index (χ0v) is 15.2. The number of amides is 2. The topological polar surface area (TPSA) is 71.5 Å². The van der Waals surface area contributed by atoms with Crippen LogP contribution in [0.15, 0.2) is 36.5 Å². The number of hydrogen-bond acceptors (Lipinski definition) is 4. The van der Waals surface area contributed by atoms with Gasteiger partial charge in [0.15, 0.2) is 11.6 Å². The molecular weight excluding hydrogens is 361 g/mol.